The molecule has 40 heavy (non-hydrogen) atoms. The molecule has 4 atom stereocenters. The van der Waals surface area contributed by atoms with Crippen molar-refractivity contribution in [2.45, 2.75) is 76.5 Å². The van der Waals surface area contributed by atoms with Crippen LogP contribution < -0.4 is 27.4 Å². The van der Waals surface area contributed by atoms with Gasteiger partial charge < -0.3 is 42.6 Å². The lowest BCUT2D eigenvalue weighted by molar-refractivity contribution is -0.142. The van der Waals surface area contributed by atoms with Gasteiger partial charge in [0.2, 0.25) is 17.7 Å². The van der Waals surface area contributed by atoms with E-state index >= 15 is 0 Å². The van der Waals surface area contributed by atoms with Crippen LogP contribution in [0.3, 0.4) is 0 Å². The third-order valence-electron chi connectivity index (χ3n) is 6.24. The lowest BCUT2D eigenvalue weighted by atomic mass is 10.0. The van der Waals surface area contributed by atoms with Crippen LogP contribution in [-0.4, -0.2) is 74.6 Å². The van der Waals surface area contributed by atoms with Crippen LogP contribution in [0.4, 0.5) is 0 Å². The number of benzene rings is 1. The number of phenols is 1. The predicted octanol–water partition coefficient (Wildman–Crippen LogP) is -0.0581. The summed E-state index contributed by atoms with van der Waals surface area (Å²) in [5.41, 5.74) is 13.0. The molecule has 13 nitrogen and oxygen atoms in total. The average molecular weight is 560 g/mol. The first-order valence-corrected chi connectivity index (χ1v) is 13.3. The number of carbonyl (C=O) groups excluding carboxylic acids is 3. The number of carboxylic acids is 1. The number of aromatic nitrogens is 2. The normalized spacial score (nSPS) is 14.1. The zero-order valence-corrected chi connectivity index (χ0v) is 22.9. The Labute approximate surface area is 233 Å². The van der Waals surface area contributed by atoms with Crippen molar-refractivity contribution in [3.05, 3.63) is 48.0 Å². The number of nitrogens with one attached hydrogen (secondary N) is 4. The van der Waals surface area contributed by atoms with Crippen molar-refractivity contribution in [3.63, 3.8) is 0 Å². The highest BCUT2D eigenvalue weighted by atomic mass is 16.4. The maximum Gasteiger partial charge on any atom is 0.326 e. The standard InChI is InChI=1S/C27H41N7O6/c1-16(2)11-23(27(39)40)34-26(38)22(13-18-14-30-15-31-18)33-25(37)21(5-3-4-10-28)32-24(36)20(29)12-17-6-8-19(35)9-7-17/h6-9,14-16,20-23,35H,3-5,10-13,28-29H2,1-2H3,(H,30,31)(H,32,36)(H,33,37)(H,34,38)(H,39,40). The van der Waals surface area contributed by atoms with Gasteiger partial charge in [0, 0.05) is 18.3 Å². The third-order valence-corrected chi connectivity index (χ3v) is 6.24. The van der Waals surface area contributed by atoms with Crippen LogP contribution in [0.15, 0.2) is 36.8 Å². The van der Waals surface area contributed by atoms with Gasteiger partial charge in [-0.15, -0.1) is 0 Å². The summed E-state index contributed by atoms with van der Waals surface area (Å²) >= 11 is 0. The first kappa shape index (κ1) is 32.2. The number of amides is 3. The van der Waals surface area contributed by atoms with Crippen molar-refractivity contribution in [1.29, 1.82) is 0 Å². The second-order valence-electron chi connectivity index (χ2n) is 10.2. The summed E-state index contributed by atoms with van der Waals surface area (Å²) in [6.07, 6.45) is 4.75. The number of aromatic amines is 1. The van der Waals surface area contributed by atoms with Crippen molar-refractivity contribution in [2.75, 3.05) is 6.54 Å². The van der Waals surface area contributed by atoms with Crippen molar-refractivity contribution < 1.29 is 29.4 Å². The first-order chi connectivity index (χ1) is 19.0. The second kappa shape index (κ2) is 16.2. The van der Waals surface area contributed by atoms with Crippen LogP contribution in [0, 0.1) is 5.92 Å². The quantitative estimate of drug-likeness (QED) is 0.121. The molecule has 0 aliphatic heterocycles. The number of nitrogens with zero attached hydrogens (tertiary/aromatic N) is 1. The van der Waals surface area contributed by atoms with Crippen LogP contribution in [0.25, 0.3) is 0 Å². The van der Waals surface area contributed by atoms with E-state index in [1.54, 1.807) is 12.1 Å². The fourth-order valence-corrected chi connectivity index (χ4v) is 4.08. The lowest BCUT2D eigenvalue weighted by Crippen LogP contribution is -2.57. The van der Waals surface area contributed by atoms with Gasteiger partial charge in [-0.1, -0.05) is 26.0 Å². The van der Waals surface area contributed by atoms with E-state index in [9.17, 15) is 29.4 Å². The minimum absolute atomic E-state index is 0.00923. The number of H-pyrrole nitrogens is 1. The van der Waals surface area contributed by atoms with Crippen molar-refractivity contribution >= 4 is 23.7 Å². The highest BCUT2D eigenvalue weighted by Crippen LogP contribution is 2.12. The molecule has 1 heterocycles. The van der Waals surface area contributed by atoms with E-state index in [1.807, 2.05) is 13.8 Å². The minimum atomic E-state index is -1.18. The Balaban J connectivity index is 2.17. The summed E-state index contributed by atoms with van der Waals surface area (Å²) in [6.45, 7) is 4.08. The summed E-state index contributed by atoms with van der Waals surface area (Å²) in [7, 11) is 0. The molecule has 13 heteroatoms. The van der Waals surface area contributed by atoms with E-state index in [0.29, 0.717) is 25.1 Å². The molecule has 0 aliphatic rings. The Kier molecular flexibility index (Phi) is 13.1. The Morgan fingerprint density at radius 3 is 2.12 bits per heavy atom. The number of aliphatic carboxylic acids is 1. The fourth-order valence-electron chi connectivity index (χ4n) is 4.08. The summed E-state index contributed by atoms with van der Waals surface area (Å²) in [5, 5.41) is 26.9. The average Bonchev–Trinajstić information content (AvgIpc) is 3.41. The van der Waals surface area contributed by atoms with E-state index < -0.39 is 47.9 Å². The van der Waals surface area contributed by atoms with Gasteiger partial charge in [0.15, 0.2) is 0 Å². The molecule has 1 aromatic carbocycles. The molecule has 4 unspecified atom stereocenters. The lowest BCUT2D eigenvalue weighted by Gasteiger charge is -2.25. The van der Waals surface area contributed by atoms with E-state index in [0.717, 1.165) is 5.56 Å². The molecule has 2 aromatic rings. The Bertz CT molecular complexity index is 1090. The number of nitrogens with two attached hydrogens (primary N) is 2. The van der Waals surface area contributed by atoms with Crippen LogP contribution >= 0.6 is 0 Å². The molecule has 3 amide bonds. The van der Waals surface area contributed by atoms with Gasteiger partial charge in [-0.3, -0.25) is 14.4 Å². The molecule has 220 valence electrons. The highest BCUT2D eigenvalue weighted by molar-refractivity contribution is 5.94. The van der Waals surface area contributed by atoms with Gasteiger partial charge in [0.05, 0.1) is 12.4 Å². The highest BCUT2D eigenvalue weighted by Gasteiger charge is 2.31. The van der Waals surface area contributed by atoms with Crippen LogP contribution in [0.5, 0.6) is 5.75 Å². The molecule has 0 radical (unpaired) electrons. The summed E-state index contributed by atoms with van der Waals surface area (Å²) in [5.74, 6) is -2.92. The van der Waals surface area contributed by atoms with Crippen LogP contribution in [-0.2, 0) is 32.0 Å². The first-order valence-electron chi connectivity index (χ1n) is 13.3. The molecule has 0 bridgehead atoms. The van der Waals surface area contributed by atoms with Crippen LogP contribution in [0.1, 0.15) is 50.8 Å². The largest absolute Gasteiger partial charge is 0.508 e. The number of unbranched alkanes of at least 4 members (excludes halogenated alkanes) is 1. The molecule has 2 rings (SSSR count). The van der Waals surface area contributed by atoms with Gasteiger partial charge in [-0.2, -0.15) is 0 Å². The topological polar surface area (TPSA) is 226 Å². The third kappa shape index (κ3) is 11.0. The second-order valence-corrected chi connectivity index (χ2v) is 10.2. The molecular formula is C27H41N7O6. The number of aromatic hydroxyl groups is 1. The zero-order valence-electron chi connectivity index (χ0n) is 22.9. The van der Waals surface area contributed by atoms with Gasteiger partial charge in [-0.25, -0.2) is 9.78 Å². The molecule has 0 aliphatic carbocycles. The number of carbonyl (C=O) groups is 4. The van der Waals surface area contributed by atoms with Crippen molar-refractivity contribution in [3.8, 4) is 5.75 Å². The Morgan fingerprint density at radius 2 is 1.55 bits per heavy atom. The number of imidazole rings is 1. The Morgan fingerprint density at radius 1 is 0.925 bits per heavy atom. The molecule has 1 aromatic heterocycles. The van der Waals surface area contributed by atoms with E-state index in [2.05, 4.69) is 25.9 Å². The molecule has 0 fully saturated rings. The van der Waals surface area contributed by atoms with Crippen molar-refractivity contribution in [2.24, 2.45) is 17.4 Å². The molecular weight excluding hydrogens is 518 g/mol. The number of hydrogen-bond donors (Lipinski definition) is 8. The number of phenolic OH excluding ortho intramolecular Hbond substituents is 1. The van der Waals surface area contributed by atoms with E-state index in [4.69, 9.17) is 11.5 Å². The number of hydrogen-bond acceptors (Lipinski definition) is 8. The van der Waals surface area contributed by atoms with Crippen molar-refractivity contribution in [1.82, 2.24) is 25.9 Å². The fraction of sp³-hybridized carbons (Fsp3) is 0.519. The Hall–Kier alpha value is -3.97. The van der Waals surface area contributed by atoms with Gasteiger partial charge in [0.1, 0.15) is 23.9 Å². The predicted molar refractivity (Wildman–Crippen MR) is 148 cm³/mol. The minimum Gasteiger partial charge on any atom is -0.508 e. The summed E-state index contributed by atoms with van der Waals surface area (Å²) in [4.78, 5) is 58.0. The van der Waals surface area contributed by atoms with E-state index in [1.165, 1.54) is 24.7 Å². The van der Waals surface area contributed by atoms with E-state index in [-0.39, 0.29) is 37.4 Å². The molecule has 0 saturated carbocycles. The number of rotatable bonds is 17. The molecule has 0 spiro atoms. The van der Waals surface area contributed by atoms with Gasteiger partial charge in [-0.05, 0) is 62.3 Å². The SMILES string of the molecule is CC(C)CC(NC(=O)C(Cc1cnc[nH]1)NC(=O)C(CCCCN)NC(=O)C(N)Cc1ccc(O)cc1)C(=O)O. The summed E-state index contributed by atoms with van der Waals surface area (Å²) < 4.78 is 0. The molecule has 0 saturated heterocycles. The maximum atomic E-state index is 13.4. The van der Waals surface area contributed by atoms with Gasteiger partial charge in [0.25, 0.3) is 0 Å². The zero-order chi connectivity index (χ0) is 29.7. The smallest absolute Gasteiger partial charge is 0.326 e. The summed E-state index contributed by atoms with van der Waals surface area (Å²) in [6, 6.07) is 2.03. The molecule has 10 N–H and O–H groups in total. The monoisotopic (exact) mass is 559 g/mol. The van der Waals surface area contributed by atoms with Crippen LogP contribution in [0.2, 0.25) is 0 Å². The number of carboxylic acid groups (broad SMARTS) is 1. The maximum absolute atomic E-state index is 13.4. The van der Waals surface area contributed by atoms with Gasteiger partial charge >= 0.3 is 5.97 Å².